The van der Waals surface area contributed by atoms with E-state index in [1.165, 1.54) is 12.1 Å². The molecule has 0 amide bonds. The minimum atomic E-state index is -4.30. The molecule has 0 aliphatic carbocycles. The molecule has 0 saturated heterocycles. The van der Waals surface area contributed by atoms with E-state index >= 15 is 0 Å². The number of benzene rings is 4. The fourth-order valence-corrected chi connectivity index (χ4v) is 3.66. The summed E-state index contributed by atoms with van der Waals surface area (Å²) in [5.41, 5.74) is 5.27. The Balaban J connectivity index is 0.000000314. The van der Waals surface area contributed by atoms with Crippen LogP contribution in [-0.2, 0) is 31.9 Å². The molecule has 0 atom stereocenters. The summed E-state index contributed by atoms with van der Waals surface area (Å²) in [5, 5.41) is 36.5. The van der Waals surface area contributed by atoms with Gasteiger partial charge in [-0.2, -0.15) is 34.2 Å². The van der Waals surface area contributed by atoms with E-state index in [0.29, 0.717) is 24.8 Å². The van der Waals surface area contributed by atoms with E-state index in [4.69, 9.17) is 25.8 Å². The van der Waals surface area contributed by atoms with Gasteiger partial charge < -0.3 is 15.0 Å². The minimum Gasteiger partial charge on any atom is -0.497 e. The first-order chi connectivity index (χ1) is 22.5. The molecule has 4 aromatic carbocycles. The quantitative estimate of drug-likeness (QED) is 0.217. The van der Waals surface area contributed by atoms with Crippen molar-refractivity contribution in [2.45, 2.75) is 31.9 Å². The van der Waals surface area contributed by atoms with Crippen molar-refractivity contribution in [1.82, 2.24) is 0 Å². The summed E-state index contributed by atoms with van der Waals surface area (Å²) in [6.45, 7) is 0. The lowest BCUT2D eigenvalue weighted by molar-refractivity contribution is -0.137. The number of alkyl halides is 3. The molecule has 0 saturated carbocycles. The van der Waals surface area contributed by atoms with Gasteiger partial charge in [0.25, 0.3) is 0 Å². The Labute approximate surface area is 275 Å². The molecule has 4 aromatic rings. The average molecular weight is 639 g/mol. The van der Waals surface area contributed by atoms with E-state index in [1.54, 1.807) is 7.11 Å². The van der Waals surface area contributed by atoms with Crippen molar-refractivity contribution in [3.8, 4) is 30.0 Å². The van der Waals surface area contributed by atoms with Crippen LogP contribution >= 0.6 is 0 Å². The summed E-state index contributed by atoms with van der Waals surface area (Å²) in [6.07, 6.45) is -2.74. The lowest BCUT2D eigenvalue weighted by Crippen LogP contribution is -2.08. The summed E-state index contributed by atoms with van der Waals surface area (Å²) >= 11 is 0. The third kappa shape index (κ3) is 16.1. The summed E-state index contributed by atoms with van der Waals surface area (Å²) < 4.78 is 41.1. The van der Waals surface area contributed by atoms with Crippen molar-refractivity contribution < 1.29 is 17.9 Å². The van der Waals surface area contributed by atoms with Gasteiger partial charge in [-0.1, -0.05) is 48.5 Å². The van der Waals surface area contributed by atoms with Gasteiger partial charge in [0.15, 0.2) is 0 Å². The second-order valence-electron chi connectivity index (χ2n) is 9.89. The van der Waals surface area contributed by atoms with Gasteiger partial charge >= 0.3 is 6.18 Å². The molecular weight excluding hydrogens is 601 g/mol. The van der Waals surface area contributed by atoms with Crippen LogP contribution in [0.5, 0.6) is 5.75 Å². The Morgan fingerprint density at radius 3 is 1.45 bits per heavy atom. The van der Waals surface area contributed by atoms with Crippen molar-refractivity contribution in [2.75, 3.05) is 38.5 Å². The van der Waals surface area contributed by atoms with Crippen LogP contribution in [0.25, 0.3) is 0 Å². The molecule has 242 valence electrons. The second kappa shape index (κ2) is 21.7. The number of nitrogens with zero attached hydrogens (tertiary/aromatic N) is 5. The molecule has 0 radical (unpaired) electrons. The van der Waals surface area contributed by atoms with Crippen LogP contribution in [0.1, 0.15) is 27.8 Å². The van der Waals surface area contributed by atoms with Gasteiger partial charge in [0.05, 0.1) is 62.6 Å². The van der Waals surface area contributed by atoms with Gasteiger partial charge in [-0.05, 0) is 70.8 Å². The van der Waals surface area contributed by atoms with Gasteiger partial charge in [0.2, 0.25) is 0 Å². The molecule has 0 unspecified atom stereocenters. The number of methoxy groups -OCH3 is 1. The number of rotatable bonds is 7. The maximum atomic E-state index is 12.0. The van der Waals surface area contributed by atoms with E-state index in [1.807, 2.05) is 105 Å². The molecular formula is C37H37F3N6O. The van der Waals surface area contributed by atoms with Crippen molar-refractivity contribution >= 4 is 11.4 Å². The largest absolute Gasteiger partial charge is 0.497 e. The summed E-state index contributed by atoms with van der Waals surface area (Å²) in [6, 6.07) is 36.1. The van der Waals surface area contributed by atoms with E-state index in [9.17, 15) is 13.2 Å². The summed E-state index contributed by atoms with van der Waals surface area (Å²) in [4.78, 5) is 2.04. The number of nitriles is 4. The Hall–Kier alpha value is -5.97. The lowest BCUT2D eigenvalue weighted by atomic mass is 10.1. The van der Waals surface area contributed by atoms with Crippen LogP contribution in [0, 0.1) is 45.3 Å². The normalized spacial score (nSPS) is 9.43. The molecule has 47 heavy (non-hydrogen) atoms. The van der Waals surface area contributed by atoms with Gasteiger partial charge in [-0.15, -0.1) is 0 Å². The Kier molecular flexibility index (Phi) is 18.0. The van der Waals surface area contributed by atoms with Gasteiger partial charge in [0.1, 0.15) is 5.75 Å². The highest BCUT2D eigenvalue weighted by Gasteiger charge is 2.29. The van der Waals surface area contributed by atoms with E-state index in [2.05, 4.69) is 23.5 Å². The van der Waals surface area contributed by atoms with Crippen LogP contribution in [0.2, 0.25) is 0 Å². The zero-order valence-corrected chi connectivity index (χ0v) is 26.8. The number of hydrogen-bond donors (Lipinski definition) is 1. The lowest BCUT2D eigenvalue weighted by Gasteiger charge is -2.11. The van der Waals surface area contributed by atoms with E-state index in [-0.39, 0.29) is 6.42 Å². The predicted molar refractivity (Wildman–Crippen MR) is 178 cm³/mol. The molecule has 0 heterocycles. The number of nitrogens with one attached hydrogen (secondary N) is 1. The SMILES string of the molecule is CN(C)c1ccc(CC#N)cc1.CNc1ccc(CC#N)cc1.COc1cccc(CC#N)c1.N#CCc1ccc(C(F)(F)F)cc1. The minimum absolute atomic E-state index is 0.137. The maximum absolute atomic E-state index is 12.0. The number of anilines is 2. The van der Waals surface area contributed by atoms with Crippen molar-refractivity contribution in [3.05, 3.63) is 125 Å². The number of ether oxygens (including phenoxy) is 1. The van der Waals surface area contributed by atoms with Crippen LogP contribution in [0.15, 0.2) is 97.1 Å². The average Bonchev–Trinajstić information content (AvgIpc) is 3.07. The molecule has 0 fully saturated rings. The molecule has 4 rings (SSSR count). The van der Waals surface area contributed by atoms with Gasteiger partial charge in [0, 0.05) is 32.5 Å². The monoisotopic (exact) mass is 638 g/mol. The Morgan fingerprint density at radius 2 is 1.06 bits per heavy atom. The molecule has 0 spiro atoms. The molecule has 1 N–H and O–H groups in total. The van der Waals surface area contributed by atoms with Crippen molar-refractivity contribution in [2.24, 2.45) is 0 Å². The topological polar surface area (TPSA) is 120 Å². The maximum Gasteiger partial charge on any atom is 0.416 e. The fraction of sp³-hybridized carbons (Fsp3) is 0.243. The smallest absolute Gasteiger partial charge is 0.416 e. The van der Waals surface area contributed by atoms with Crippen molar-refractivity contribution in [1.29, 1.82) is 21.0 Å². The highest BCUT2D eigenvalue weighted by molar-refractivity contribution is 5.46. The zero-order chi connectivity index (χ0) is 35.1. The summed E-state index contributed by atoms with van der Waals surface area (Å²) in [7, 11) is 7.49. The highest BCUT2D eigenvalue weighted by atomic mass is 19.4. The van der Waals surface area contributed by atoms with Crippen LogP contribution in [0.4, 0.5) is 24.5 Å². The fourth-order valence-electron chi connectivity index (χ4n) is 3.66. The van der Waals surface area contributed by atoms with Crippen LogP contribution in [-0.4, -0.2) is 28.3 Å². The first kappa shape index (κ1) is 39.1. The Morgan fingerprint density at radius 1 is 0.638 bits per heavy atom. The third-order valence-electron chi connectivity index (χ3n) is 6.24. The first-order valence-electron chi connectivity index (χ1n) is 14.3. The first-order valence-corrected chi connectivity index (χ1v) is 14.3. The Bertz CT molecular complexity index is 1640. The molecule has 7 nitrogen and oxygen atoms in total. The summed E-state index contributed by atoms with van der Waals surface area (Å²) in [5.74, 6) is 0.803. The third-order valence-corrected chi connectivity index (χ3v) is 6.24. The van der Waals surface area contributed by atoms with Crippen LogP contribution < -0.4 is 15.0 Å². The molecule has 0 bridgehead atoms. The van der Waals surface area contributed by atoms with Gasteiger partial charge in [-0.3, -0.25) is 0 Å². The van der Waals surface area contributed by atoms with Gasteiger partial charge in [-0.25, -0.2) is 0 Å². The van der Waals surface area contributed by atoms with E-state index < -0.39 is 11.7 Å². The van der Waals surface area contributed by atoms with E-state index in [0.717, 1.165) is 45.9 Å². The predicted octanol–water partition coefficient (Wildman–Crippen LogP) is 8.15. The second-order valence-corrected chi connectivity index (χ2v) is 9.89. The van der Waals surface area contributed by atoms with Crippen LogP contribution in [0.3, 0.4) is 0 Å². The molecule has 0 aliphatic rings. The molecule has 10 heteroatoms. The number of halogens is 3. The highest BCUT2D eigenvalue weighted by Crippen LogP contribution is 2.29. The standard InChI is InChI=1S/C10H12N2.C9H6F3N.C9H10N2.C9H9NO/c1-12(2)10-5-3-9(4-6-10)7-8-11;10-9(11,12)8-3-1-7(2-4-8)5-6-13;1-11-9-4-2-8(3-5-9)6-7-10;1-11-9-4-2-3-8(7-9)5-6-10/h3-6H,7H2,1-2H3;1-4H,5H2;2-5,11H,6H2,1H3;2-4,7H,5H2,1H3. The zero-order valence-electron chi connectivity index (χ0n) is 26.8. The molecule has 0 aliphatic heterocycles. The number of hydrogen-bond acceptors (Lipinski definition) is 7. The van der Waals surface area contributed by atoms with Crippen molar-refractivity contribution in [3.63, 3.8) is 0 Å². The molecule has 0 aromatic heterocycles.